The predicted molar refractivity (Wildman–Crippen MR) is 128 cm³/mol. The molecule has 35 heavy (non-hydrogen) atoms. The third-order valence-electron chi connectivity index (χ3n) is 5.33. The maximum absolute atomic E-state index is 13.5. The SMILES string of the molecule is COc1ccc(NC(=O)c2ccc3c(=O)n(C)c(=O)n(C)c3n2)cc1NC(=O)c1cccc(F)c1. The number of carbonyl (C=O) groups is 2. The van der Waals surface area contributed by atoms with Crippen LogP contribution in [-0.4, -0.2) is 33.0 Å². The third kappa shape index (κ3) is 4.51. The van der Waals surface area contributed by atoms with Crippen LogP contribution in [0, 0.1) is 5.82 Å². The normalized spacial score (nSPS) is 10.7. The molecule has 4 aromatic rings. The second kappa shape index (κ2) is 9.21. The van der Waals surface area contributed by atoms with E-state index in [0.29, 0.717) is 11.4 Å². The van der Waals surface area contributed by atoms with E-state index in [0.717, 1.165) is 10.6 Å². The predicted octanol–water partition coefficient (Wildman–Crippen LogP) is 2.28. The lowest BCUT2D eigenvalue weighted by molar-refractivity contribution is 0.101. The summed E-state index contributed by atoms with van der Waals surface area (Å²) in [4.78, 5) is 54.1. The first-order valence-corrected chi connectivity index (χ1v) is 10.3. The molecule has 0 fully saturated rings. The summed E-state index contributed by atoms with van der Waals surface area (Å²) in [6.45, 7) is 0. The molecule has 2 heterocycles. The first-order chi connectivity index (χ1) is 16.7. The minimum Gasteiger partial charge on any atom is -0.495 e. The van der Waals surface area contributed by atoms with Crippen LogP contribution in [0.1, 0.15) is 20.8 Å². The summed E-state index contributed by atoms with van der Waals surface area (Å²) in [6.07, 6.45) is 0. The zero-order valence-electron chi connectivity index (χ0n) is 19.0. The van der Waals surface area contributed by atoms with Crippen LogP contribution in [0.3, 0.4) is 0 Å². The number of hydrogen-bond donors (Lipinski definition) is 2. The molecule has 0 aliphatic carbocycles. The molecule has 0 spiro atoms. The second-order valence-corrected chi connectivity index (χ2v) is 7.61. The topological polar surface area (TPSA) is 124 Å². The lowest BCUT2D eigenvalue weighted by Gasteiger charge is -2.13. The number of pyridine rings is 1. The van der Waals surface area contributed by atoms with Gasteiger partial charge in [-0.1, -0.05) is 6.07 Å². The lowest BCUT2D eigenvalue weighted by Crippen LogP contribution is -2.37. The van der Waals surface area contributed by atoms with Crippen molar-refractivity contribution in [2.24, 2.45) is 14.1 Å². The number of methoxy groups -OCH3 is 1. The van der Waals surface area contributed by atoms with Crippen LogP contribution < -0.4 is 26.6 Å². The first-order valence-electron chi connectivity index (χ1n) is 10.3. The number of halogens is 1. The Bertz CT molecular complexity index is 1610. The van der Waals surface area contributed by atoms with Gasteiger partial charge in [0.25, 0.3) is 17.4 Å². The Labute approximate surface area is 197 Å². The molecule has 0 radical (unpaired) electrons. The van der Waals surface area contributed by atoms with E-state index >= 15 is 0 Å². The van der Waals surface area contributed by atoms with Gasteiger partial charge < -0.3 is 15.4 Å². The van der Waals surface area contributed by atoms with Crippen molar-refractivity contribution in [2.45, 2.75) is 0 Å². The Morgan fingerprint density at radius 2 is 1.71 bits per heavy atom. The molecule has 2 amide bonds. The fraction of sp³-hybridized carbons (Fsp3) is 0.125. The lowest BCUT2D eigenvalue weighted by atomic mass is 10.2. The van der Waals surface area contributed by atoms with E-state index in [4.69, 9.17) is 4.74 Å². The summed E-state index contributed by atoms with van der Waals surface area (Å²) >= 11 is 0. The molecule has 2 aromatic carbocycles. The number of carbonyl (C=O) groups excluding carboxylic acids is 2. The summed E-state index contributed by atoms with van der Waals surface area (Å²) in [5.74, 6) is -1.40. The number of nitrogens with one attached hydrogen (secondary N) is 2. The first kappa shape index (κ1) is 23.4. The van der Waals surface area contributed by atoms with E-state index in [1.54, 1.807) is 6.07 Å². The highest BCUT2D eigenvalue weighted by atomic mass is 19.1. The summed E-state index contributed by atoms with van der Waals surface area (Å²) in [5.41, 5.74) is -0.371. The van der Waals surface area contributed by atoms with Gasteiger partial charge in [0.15, 0.2) is 0 Å². The molecular formula is C24H20FN5O5. The molecule has 0 atom stereocenters. The van der Waals surface area contributed by atoms with Crippen molar-refractivity contribution in [3.05, 3.63) is 92.5 Å². The Hall–Kier alpha value is -4.80. The third-order valence-corrected chi connectivity index (χ3v) is 5.33. The van der Waals surface area contributed by atoms with Crippen LogP contribution in [0.15, 0.2) is 64.2 Å². The molecule has 0 aliphatic rings. The van der Waals surface area contributed by atoms with Gasteiger partial charge in [0.2, 0.25) is 0 Å². The van der Waals surface area contributed by atoms with Gasteiger partial charge in [-0.25, -0.2) is 14.2 Å². The second-order valence-electron chi connectivity index (χ2n) is 7.61. The fourth-order valence-electron chi connectivity index (χ4n) is 3.48. The number of aryl methyl sites for hydroxylation is 1. The van der Waals surface area contributed by atoms with E-state index < -0.39 is 28.9 Å². The summed E-state index contributed by atoms with van der Waals surface area (Å²) < 4.78 is 20.9. The highest BCUT2D eigenvalue weighted by Crippen LogP contribution is 2.28. The summed E-state index contributed by atoms with van der Waals surface area (Å²) in [6, 6.07) is 12.6. The monoisotopic (exact) mass is 477 g/mol. The van der Waals surface area contributed by atoms with E-state index in [1.807, 2.05) is 0 Å². The Morgan fingerprint density at radius 3 is 2.43 bits per heavy atom. The van der Waals surface area contributed by atoms with Gasteiger partial charge in [-0.15, -0.1) is 0 Å². The van der Waals surface area contributed by atoms with Gasteiger partial charge in [-0.3, -0.25) is 23.5 Å². The summed E-state index contributed by atoms with van der Waals surface area (Å²) in [5, 5.41) is 5.49. The zero-order chi connectivity index (χ0) is 25.3. The van der Waals surface area contributed by atoms with E-state index in [2.05, 4.69) is 15.6 Å². The maximum Gasteiger partial charge on any atom is 0.332 e. The standard InChI is InChI=1S/C24H20FN5O5/c1-29-20-16(23(33)30(2)24(29)34)8-9-17(27-20)22(32)26-15-7-10-19(35-3)18(12-15)28-21(31)13-5-4-6-14(25)11-13/h4-12H,1-3H3,(H,26,32)(H,28,31). The fourth-order valence-corrected chi connectivity index (χ4v) is 3.48. The van der Waals surface area contributed by atoms with E-state index in [-0.39, 0.29) is 28.0 Å². The minimum absolute atomic E-state index is 0.0260. The van der Waals surface area contributed by atoms with Crippen molar-refractivity contribution in [1.82, 2.24) is 14.1 Å². The van der Waals surface area contributed by atoms with Crippen molar-refractivity contribution < 1.29 is 18.7 Å². The van der Waals surface area contributed by atoms with Crippen LogP contribution in [0.4, 0.5) is 15.8 Å². The largest absolute Gasteiger partial charge is 0.495 e. The van der Waals surface area contributed by atoms with Gasteiger partial charge in [0, 0.05) is 25.3 Å². The summed E-state index contributed by atoms with van der Waals surface area (Å²) in [7, 11) is 4.23. The van der Waals surface area contributed by atoms with Crippen LogP contribution in [0.5, 0.6) is 5.75 Å². The molecule has 0 aliphatic heterocycles. The van der Waals surface area contributed by atoms with Crippen molar-refractivity contribution in [1.29, 1.82) is 0 Å². The Kier molecular flexibility index (Phi) is 6.15. The quantitative estimate of drug-likeness (QED) is 0.455. The molecule has 0 saturated carbocycles. The van der Waals surface area contributed by atoms with Gasteiger partial charge in [-0.2, -0.15) is 0 Å². The minimum atomic E-state index is -0.604. The van der Waals surface area contributed by atoms with E-state index in [1.165, 1.54) is 68.2 Å². The molecule has 0 saturated heterocycles. The van der Waals surface area contributed by atoms with Crippen LogP contribution in [0.25, 0.3) is 11.0 Å². The van der Waals surface area contributed by atoms with Crippen molar-refractivity contribution >= 4 is 34.2 Å². The number of anilines is 2. The highest BCUT2D eigenvalue weighted by molar-refractivity contribution is 6.07. The molecule has 2 aromatic heterocycles. The van der Waals surface area contributed by atoms with Gasteiger partial charge in [0.05, 0.1) is 18.2 Å². The Balaban J connectivity index is 1.62. The van der Waals surface area contributed by atoms with Gasteiger partial charge in [0.1, 0.15) is 22.9 Å². The smallest absolute Gasteiger partial charge is 0.332 e. The number of nitrogens with zero attached hydrogens (tertiary/aromatic N) is 3. The number of aromatic nitrogens is 3. The number of benzene rings is 2. The number of fused-ring (bicyclic) bond motifs is 1. The van der Waals surface area contributed by atoms with Crippen LogP contribution in [-0.2, 0) is 14.1 Å². The van der Waals surface area contributed by atoms with Crippen LogP contribution >= 0.6 is 0 Å². The molecule has 11 heteroatoms. The van der Waals surface area contributed by atoms with Crippen molar-refractivity contribution in [3.8, 4) is 5.75 Å². The molecule has 2 N–H and O–H groups in total. The van der Waals surface area contributed by atoms with Gasteiger partial charge >= 0.3 is 5.69 Å². The molecular weight excluding hydrogens is 457 g/mol. The van der Waals surface area contributed by atoms with E-state index in [9.17, 15) is 23.6 Å². The van der Waals surface area contributed by atoms with Crippen molar-refractivity contribution in [3.63, 3.8) is 0 Å². The molecule has 0 bridgehead atoms. The average Bonchev–Trinajstić information content (AvgIpc) is 2.86. The van der Waals surface area contributed by atoms with Gasteiger partial charge in [-0.05, 0) is 48.5 Å². The number of hydrogen-bond acceptors (Lipinski definition) is 6. The molecule has 10 nitrogen and oxygen atoms in total. The Morgan fingerprint density at radius 1 is 0.943 bits per heavy atom. The molecule has 0 unspecified atom stereocenters. The maximum atomic E-state index is 13.5. The molecule has 4 rings (SSSR count). The zero-order valence-corrected chi connectivity index (χ0v) is 19.0. The molecule has 178 valence electrons. The van der Waals surface area contributed by atoms with Crippen LogP contribution in [0.2, 0.25) is 0 Å². The number of amides is 2. The highest BCUT2D eigenvalue weighted by Gasteiger charge is 2.16. The number of ether oxygens (including phenoxy) is 1. The average molecular weight is 477 g/mol. The van der Waals surface area contributed by atoms with Crippen molar-refractivity contribution in [2.75, 3.05) is 17.7 Å². The number of rotatable bonds is 5.